The van der Waals surface area contributed by atoms with E-state index in [2.05, 4.69) is 20.9 Å². The minimum absolute atomic E-state index is 0.263. The topological polar surface area (TPSA) is 33.1 Å². The minimum atomic E-state index is -1.47. The molecule has 0 fully saturated rings. The maximum absolute atomic E-state index is 12.9. The Morgan fingerprint density at radius 3 is 2.83 bits per heavy atom. The van der Waals surface area contributed by atoms with Gasteiger partial charge in [0, 0.05) is 10.7 Å². The Bertz CT molecular complexity index is 282. The number of alkyl halides is 1. The fraction of sp³-hybridized carbons (Fsp3) is 0.286. The maximum atomic E-state index is 12.9. The number of aliphatic hydroxyl groups is 1. The monoisotopic (exact) mass is 237 g/mol. The van der Waals surface area contributed by atoms with Crippen LogP contribution in [0.2, 0.25) is 0 Å². The predicted molar refractivity (Wildman–Crippen MR) is 42.8 cm³/mol. The Morgan fingerprint density at radius 1 is 1.67 bits per heavy atom. The lowest BCUT2D eigenvalue weighted by molar-refractivity contribution is 0.133. The van der Waals surface area contributed by atoms with E-state index in [0.717, 1.165) is 6.07 Å². The molecule has 0 bridgehead atoms. The van der Waals surface area contributed by atoms with Crippen LogP contribution in [0.15, 0.2) is 16.7 Å². The van der Waals surface area contributed by atoms with Gasteiger partial charge in [-0.25, -0.2) is 8.78 Å². The Labute approximate surface area is 76.4 Å². The van der Waals surface area contributed by atoms with E-state index in [9.17, 15) is 8.78 Å². The van der Waals surface area contributed by atoms with Gasteiger partial charge in [-0.05, 0) is 22.0 Å². The molecule has 0 aliphatic carbocycles. The van der Waals surface area contributed by atoms with E-state index in [-0.39, 0.29) is 5.69 Å². The smallest absolute Gasteiger partial charge is 0.148 e. The second kappa shape index (κ2) is 3.91. The molecule has 0 saturated heterocycles. The fourth-order valence-electron chi connectivity index (χ4n) is 0.743. The van der Waals surface area contributed by atoms with E-state index >= 15 is 0 Å². The van der Waals surface area contributed by atoms with Crippen LogP contribution in [0.25, 0.3) is 0 Å². The zero-order valence-electron chi connectivity index (χ0n) is 5.97. The van der Waals surface area contributed by atoms with E-state index in [0.29, 0.717) is 4.47 Å². The SMILES string of the molecule is OC(CF)c1ncc(Br)cc1F. The predicted octanol–water partition coefficient (Wildman–Crippen LogP) is 1.99. The van der Waals surface area contributed by atoms with Gasteiger partial charge in [-0.2, -0.15) is 0 Å². The van der Waals surface area contributed by atoms with Crippen LogP contribution in [0.3, 0.4) is 0 Å². The highest BCUT2D eigenvalue weighted by Crippen LogP contribution is 2.18. The van der Waals surface area contributed by atoms with Crippen molar-refractivity contribution < 1.29 is 13.9 Å². The van der Waals surface area contributed by atoms with Crippen LogP contribution < -0.4 is 0 Å². The Balaban J connectivity index is 3.01. The van der Waals surface area contributed by atoms with Gasteiger partial charge in [0.1, 0.15) is 24.3 Å². The number of rotatable bonds is 2. The molecule has 0 radical (unpaired) electrons. The first-order valence-corrected chi connectivity index (χ1v) is 3.99. The van der Waals surface area contributed by atoms with E-state index in [4.69, 9.17) is 5.11 Å². The van der Waals surface area contributed by atoms with Crippen molar-refractivity contribution in [2.75, 3.05) is 6.67 Å². The van der Waals surface area contributed by atoms with E-state index in [1.165, 1.54) is 6.20 Å². The first kappa shape index (κ1) is 9.54. The van der Waals surface area contributed by atoms with Crippen LogP contribution >= 0.6 is 15.9 Å². The summed E-state index contributed by atoms with van der Waals surface area (Å²) in [5.74, 6) is -0.713. The average Bonchev–Trinajstić information content (AvgIpc) is 2.03. The fourth-order valence-corrected chi connectivity index (χ4v) is 1.05. The summed E-state index contributed by atoms with van der Waals surface area (Å²) < 4.78 is 25.2. The van der Waals surface area contributed by atoms with Gasteiger partial charge >= 0.3 is 0 Å². The molecule has 1 aromatic rings. The number of hydrogen-bond acceptors (Lipinski definition) is 2. The van der Waals surface area contributed by atoms with Crippen molar-refractivity contribution in [2.45, 2.75) is 6.10 Å². The lowest BCUT2D eigenvalue weighted by atomic mass is 10.2. The molecule has 12 heavy (non-hydrogen) atoms. The van der Waals surface area contributed by atoms with Gasteiger partial charge in [0.15, 0.2) is 0 Å². The zero-order chi connectivity index (χ0) is 9.14. The van der Waals surface area contributed by atoms with Crippen LogP contribution in [-0.2, 0) is 0 Å². The van der Waals surface area contributed by atoms with Crippen molar-refractivity contribution in [2.24, 2.45) is 0 Å². The second-order valence-electron chi connectivity index (χ2n) is 2.19. The molecular formula is C7H6BrF2NO. The highest BCUT2D eigenvalue weighted by atomic mass is 79.9. The first-order chi connectivity index (χ1) is 5.65. The molecule has 1 heterocycles. The minimum Gasteiger partial charge on any atom is -0.384 e. The Morgan fingerprint density at radius 2 is 2.33 bits per heavy atom. The summed E-state index contributed by atoms with van der Waals surface area (Å²) in [5, 5.41) is 8.91. The van der Waals surface area contributed by atoms with Crippen molar-refractivity contribution in [3.05, 3.63) is 28.2 Å². The molecule has 1 atom stereocenters. The molecule has 0 saturated carbocycles. The summed E-state index contributed by atoms with van der Waals surface area (Å²) in [7, 11) is 0. The third-order valence-corrected chi connectivity index (χ3v) is 1.73. The van der Waals surface area contributed by atoms with Gasteiger partial charge in [0.2, 0.25) is 0 Å². The standard InChI is InChI=1S/C7H6BrF2NO/c8-4-1-5(10)7(11-3-4)6(12)2-9/h1,3,6,12H,2H2. The Hall–Kier alpha value is -0.550. The molecule has 1 aromatic heterocycles. The molecule has 0 aliphatic heterocycles. The van der Waals surface area contributed by atoms with Crippen molar-refractivity contribution >= 4 is 15.9 Å². The van der Waals surface area contributed by atoms with E-state index < -0.39 is 18.6 Å². The highest BCUT2D eigenvalue weighted by Gasteiger charge is 2.13. The second-order valence-corrected chi connectivity index (χ2v) is 3.11. The molecule has 0 aromatic carbocycles. The largest absolute Gasteiger partial charge is 0.384 e. The lowest BCUT2D eigenvalue weighted by Gasteiger charge is -2.05. The summed E-state index contributed by atoms with van der Waals surface area (Å²) in [5.41, 5.74) is -0.263. The normalized spacial score (nSPS) is 13.0. The third-order valence-electron chi connectivity index (χ3n) is 1.30. The number of nitrogens with zero attached hydrogens (tertiary/aromatic N) is 1. The lowest BCUT2D eigenvalue weighted by Crippen LogP contribution is -2.05. The molecule has 2 nitrogen and oxygen atoms in total. The van der Waals surface area contributed by atoms with Crippen LogP contribution in [0.1, 0.15) is 11.8 Å². The van der Waals surface area contributed by atoms with Gasteiger partial charge in [0.25, 0.3) is 0 Å². The van der Waals surface area contributed by atoms with Crippen molar-refractivity contribution in [1.82, 2.24) is 4.98 Å². The molecule has 1 unspecified atom stereocenters. The Kier molecular flexibility index (Phi) is 3.11. The van der Waals surface area contributed by atoms with Crippen LogP contribution in [0.4, 0.5) is 8.78 Å². The first-order valence-electron chi connectivity index (χ1n) is 3.20. The van der Waals surface area contributed by atoms with Gasteiger partial charge in [0.05, 0.1) is 0 Å². The van der Waals surface area contributed by atoms with E-state index in [1.807, 2.05) is 0 Å². The number of pyridine rings is 1. The number of halogens is 3. The molecule has 66 valence electrons. The molecule has 1 rings (SSSR count). The van der Waals surface area contributed by atoms with Gasteiger partial charge in [-0.15, -0.1) is 0 Å². The number of aliphatic hydroxyl groups excluding tert-OH is 1. The van der Waals surface area contributed by atoms with Gasteiger partial charge < -0.3 is 5.11 Å². The molecule has 0 spiro atoms. The summed E-state index contributed by atoms with van der Waals surface area (Å²) in [6.45, 7) is -1.04. The van der Waals surface area contributed by atoms with Gasteiger partial charge in [-0.3, -0.25) is 4.98 Å². The molecule has 1 N–H and O–H groups in total. The van der Waals surface area contributed by atoms with E-state index in [1.54, 1.807) is 0 Å². The summed E-state index contributed by atoms with van der Waals surface area (Å²) in [4.78, 5) is 3.54. The summed E-state index contributed by atoms with van der Waals surface area (Å²) in [6.07, 6.45) is -0.171. The highest BCUT2D eigenvalue weighted by molar-refractivity contribution is 9.10. The third kappa shape index (κ3) is 1.98. The summed E-state index contributed by atoms with van der Waals surface area (Å²) in [6, 6.07) is 1.13. The van der Waals surface area contributed by atoms with Crippen molar-refractivity contribution in [1.29, 1.82) is 0 Å². The van der Waals surface area contributed by atoms with Gasteiger partial charge in [-0.1, -0.05) is 0 Å². The number of aromatic nitrogens is 1. The van der Waals surface area contributed by atoms with Crippen molar-refractivity contribution in [3.63, 3.8) is 0 Å². The van der Waals surface area contributed by atoms with Crippen LogP contribution in [-0.4, -0.2) is 16.8 Å². The zero-order valence-corrected chi connectivity index (χ0v) is 7.55. The maximum Gasteiger partial charge on any atom is 0.148 e. The number of hydrogen-bond donors (Lipinski definition) is 1. The quantitative estimate of drug-likeness (QED) is 0.854. The average molecular weight is 238 g/mol. The molecule has 0 aliphatic rings. The summed E-state index contributed by atoms with van der Waals surface area (Å²) >= 11 is 2.99. The van der Waals surface area contributed by atoms with Crippen LogP contribution in [0.5, 0.6) is 0 Å². The van der Waals surface area contributed by atoms with Crippen molar-refractivity contribution in [3.8, 4) is 0 Å². The van der Waals surface area contributed by atoms with Crippen LogP contribution in [0, 0.1) is 5.82 Å². The molecule has 0 amide bonds. The molecule has 5 heteroatoms. The molecular weight excluding hydrogens is 232 g/mol.